The topological polar surface area (TPSA) is 60.5 Å². The average Bonchev–Trinajstić information content (AvgIpc) is 2.80. The molecular formula is C13H12F2N2O3S. The summed E-state index contributed by atoms with van der Waals surface area (Å²) >= 11 is 1.29. The third kappa shape index (κ3) is 3.88. The molecule has 1 heterocycles. The number of carbonyl (C=O) groups is 1. The van der Waals surface area contributed by atoms with E-state index in [4.69, 9.17) is 0 Å². The summed E-state index contributed by atoms with van der Waals surface area (Å²) < 4.78 is 32.9. The summed E-state index contributed by atoms with van der Waals surface area (Å²) in [6.07, 6.45) is 0. The monoisotopic (exact) mass is 314 g/mol. The molecule has 1 aromatic carbocycles. The third-order valence-electron chi connectivity index (χ3n) is 2.51. The van der Waals surface area contributed by atoms with E-state index in [0.29, 0.717) is 10.8 Å². The van der Waals surface area contributed by atoms with Crippen molar-refractivity contribution in [2.75, 3.05) is 12.4 Å². The molecule has 0 radical (unpaired) electrons. The molecule has 0 saturated heterocycles. The molecule has 0 unspecified atom stereocenters. The van der Waals surface area contributed by atoms with E-state index in [0.717, 1.165) is 4.88 Å². The van der Waals surface area contributed by atoms with E-state index in [1.54, 1.807) is 19.1 Å². The smallest absolute Gasteiger partial charge is 0.387 e. The number of methoxy groups -OCH3 is 1. The standard InChI is InChI=1S/C13H12F2N2O3S/c1-7-10(11(18)19-2)17-13(21-7)16-8-3-5-9(6-4-8)20-12(14)15/h3-6,12H,1-2H3,(H,16,17). The summed E-state index contributed by atoms with van der Waals surface area (Å²) in [4.78, 5) is 16.3. The number of anilines is 2. The maximum atomic E-state index is 12.0. The molecule has 0 fully saturated rings. The van der Waals surface area contributed by atoms with Crippen LogP contribution in [0.1, 0.15) is 15.4 Å². The Kier molecular flexibility index (Phi) is 4.69. The highest BCUT2D eigenvalue weighted by atomic mass is 32.1. The van der Waals surface area contributed by atoms with Crippen LogP contribution in [0, 0.1) is 6.92 Å². The molecule has 0 aliphatic rings. The lowest BCUT2D eigenvalue weighted by Gasteiger charge is -2.06. The number of rotatable bonds is 5. The number of carbonyl (C=O) groups excluding carboxylic acids is 1. The zero-order chi connectivity index (χ0) is 15.4. The molecule has 0 amide bonds. The number of benzene rings is 1. The molecule has 0 spiro atoms. The second-order valence-electron chi connectivity index (χ2n) is 3.94. The Labute approximate surface area is 123 Å². The van der Waals surface area contributed by atoms with Crippen molar-refractivity contribution in [3.63, 3.8) is 0 Å². The van der Waals surface area contributed by atoms with E-state index in [1.807, 2.05) is 0 Å². The third-order valence-corrected chi connectivity index (χ3v) is 3.39. The lowest BCUT2D eigenvalue weighted by molar-refractivity contribution is -0.0498. The SMILES string of the molecule is COC(=O)c1nc(Nc2ccc(OC(F)F)cc2)sc1C. The minimum atomic E-state index is -2.85. The number of aryl methyl sites for hydroxylation is 1. The van der Waals surface area contributed by atoms with Crippen molar-refractivity contribution in [3.05, 3.63) is 34.8 Å². The molecule has 21 heavy (non-hydrogen) atoms. The average molecular weight is 314 g/mol. The Bertz CT molecular complexity index is 629. The molecule has 0 aliphatic heterocycles. The number of halogens is 2. The zero-order valence-corrected chi connectivity index (χ0v) is 12.0. The van der Waals surface area contributed by atoms with Gasteiger partial charge in [0.15, 0.2) is 10.8 Å². The Morgan fingerprint density at radius 3 is 2.57 bits per heavy atom. The van der Waals surface area contributed by atoms with Gasteiger partial charge in [-0.1, -0.05) is 0 Å². The highest BCUT2D eigenvalue weighted by Gasteiger charge is 2.15. The van der Waals surface area contributed by atoms with E-state index in [2.05, 4.69) is 19.8 Å². The molecule has 0 aliphatic carbocycles. The van der Waals surface area contributed by atoms with Gasteiger partial charge in [0.1, 0.15) is 5.75 Å². The maximum Gasteiger partial charge on any atom is 0.387 e. The summed E-state index contributed by atoms with van der Waals surface area (Å²) in [5.74, 6) is -0.432. The molecule has 1 N–H and O–H groups in total. The Morgan fingerprint density at radius 1 is 1.33 bits per heavy atom. The van der Waals surface area contributed by atoms with Crippen LogP contribution in [0.3, 0.4) is 0 Å². The number of ether oxygens (including phenoxy) is 2. The number of esters is 1. The van der Waals surface area contributed by atoms with Crippen LogP contribution in [-0.4, -0.2) is 24.7 Å². The van der Waals surface area contributed by atoms with Gasteiger partial charge in [-0.15, -0.1) is 11.3 Å². The van der Waals surface area contributed by atoms with Gasteiger partial charge in [-0.2, -0.15) is 8.78 Å². The van der Waals surface area contributed by atoms with Crippen LogP contribution in [0.2, 0.25) is 0 Å². The second-order valence-corrected chi connectivity index (χ2v) is 5.15. The molecule has 1 aromatic heterocycles. The first-order valence-corrected chi connectivity index (χ1v) is 6.69. The van der Waals surface area contributed by atoms with Crippen molar-refractivity contribution < 1.29 is 23.0 Å². The van der Waals surface area contributed by atoms with E-state index < -0.39 is 12.6 Å². The molecular weight excluding hydrogens is 302 g/mol. The highest BCUT2D eigenvalue weighted by molar-refractivity contribution is 7.15. The first-order chi connectivity index (χ1) is 9.99. The van der Waals surface area contributed by atoms with Gasteiger partial charge in [-0.05, 0) is 31.2 Å². The number of aromatic nitrogens is 1. The van der Waals surface area contributed by atoms with E-state index in [9.17, 15) is 13.6 Å². The van der Waals surface area contributed by atoms with E-state index >= 15 is 0 Å². The summed E-state index contributed by atoms with van der Waals surface area (Å²) in [5, 5.41) is 3.49. The van der Waals surface area contributed by atoms with Gasteiger partial charge >= 0.3 is 12.6 Å². The van der Waals surface area contributed by atoms with Crippen LogP contribution in [0.4, 0.5) is 19.6 Å². The second kappa shape index (κ2) is 6.49. The predicted octanol–water partition coefficient (Wildman–Crippen LogP) is 3.58. The van der Waals surface area contributed by atoms with Crippen LogP contribution in [0.15, 0.2) is 24.3 Å². The van der Waals surface area contributed by atoms with Gasteiger partial charge in [0.25, 0.3) is 0 Å². The fourth-order valence-electron chi connectivity index (χ4n) is 1.58. The number of hydrogen-bond acceptors (Lipinski definition) is 6. The molecule has 0 atom stereocenters. The summed E-state index contributed by atoms with van der Waals surface area (Å²) in [6.45, 7) is -1.10. The highest BCUT2D eigenvalue weighted by Crippen LogP contribution is 2.27. The van der Waals surface area contributed by atoms with E-state index in [-0.39, 0.29) is 11.4 Å². The number of hydrogen-bond donors (Lipinski definition) is 1. The Balaban J connectivity index is 2.09. The van der Waals surface area contributed by atoms with Crippen LogP contribution < -0.4 is 10.1 Å². The summed E-state index contributed by atoms with van der Waals surface area (Å²) in [5.41, 5.74) is 0.893. The van der Waals surface area contributed by atoms with Crippen molar-refractivity contribution in [2.45, 2.75) is 13.5 Å². The molecule has 2 rings (SSSR count). The van der Waals surface area contributed by atoms with Crippen molar-refractivity contribution >= 4 is 28.1 Å². The van der Waals surface area contributed by atoms with E-state index in [1.165, 1.54) is 30.6 Å². The molecule has 2 aromatic rings. The van der Waals surface area contributed by atoms with Crippen molar-refractivity contribution in [1.29, 1.82) is 0 Å². The first kappa shape index (κ1) is 15.2. The zero-order valence-electron chi connectivity index (χ0n) is 11.2. The van der Waals surface area contributed by atoms with Gasteiger partial charge < -0.3 is 14.8 Å². The lowest BCUT2D eigenvalue weighted by Crippen LogP contribution is -2.03. The Morgan fingerprint density at radius 2 is 2.00 bits per heavy atom. The largest absolute Gasteiger partial charge is 0.464 e. The first-order valence-electron chi connectivity index (χ1n) is 5.87. The van der Waals surface area contributed by atoms with Gasteiger partial charge in [0, 0.05) is 10.6 Å². The van der Waals surface area contributed by atoms with Crippen LogP contribution in [0.25, 0.3) is 0 Å². The minimum Gasteiger partial charge on any atom is -0.464 e. The summed E-state index contributed by atoms with van der Waals surface area (Å²) in [6, 6.07) is 5.98. The Hall–Kier alpha value is -2.22. The van der Waals surface area contributed by atoms with Crippen molar-refractivity contribution in [1.82, 2.24) is 4.98 Å². The quantitative estimate of drug-likeness (QED) is 0.855. The lowest BCUT2D eigenvalue weighted by atomic mass is 10.3. The van der Waals surface area contributed by atoms with Gasteiger partial charge in [0.05, 0.1) is 7.11 Å². The molecule has 0 bridgehead atoms. The van der Waals surface area contributed by atoms with Gasteiger partial charge in [-0.25, -0.2) is 9.78 Å². The fraction of sp³-hybridized carbons (Fsp3) is 0.231. The number of nitrogens with one attached hydrogen (secondary N) is 1. The molecule has 5 nitrogen and oxygen atoms in total. The maximum absolute atomic E-state index is 12.0. The number of alkyl halides is 2. The van der Waals surface area contributed by atoms with Gasteiger partial charge in [-0.3, -0.25) is 0 Å². The fourth-order valence-corrected chi connectivity index (χ4v) is 2.40. The van der Waals surface area contributed by atoms with Crippen molar-refractivity contribution in [2.24, 2.45) is 0 Å². The van der Waals surface area contributed by atoms with Crippen LogP contribution in [-0.2, 0) is 4.74 Å². The minimum absolute atomic E-state index is 0.0705. The number of thiazole rings is 1. The normalized spacial score (nSPS) is 10.5. The van der Waals surface area contributed by atoms with Crippen molar-refractivity contribution in [3.8, 4) is 5.75 Å². The molecule has 0 saturated carbocycles. The van der Waals surface area contributed by atoms with Gasteiger partial charge in [0.2, 0.25) is 0 Å². The van der Waals surface area contributed by atoms with Crippen LogP contribution >= 0.6 is 11.3 Å². The molecule has 8 heteroatoms. The van der Waals surface area contributed by atoms with Crippen LogP contribution in [0.5, 0.6) is 5.75 Å². The number of nitrogens with zero attached hydrogens (tertiary/aromatic N) is 1. The molecule has 112 valence electrons. The predicted molar refractivity (Wildman–Crippen MR) is 74.5 cm³/mol. The summed E-state index contributed by atoms with van der Waals surface area (Å²) in [7, 11) is 1.29.